The molecule has 2 amide bonds. The summed E-state index contributed by atoms with van der Waals surface area (Å²) in [4.78, 5) is 53.3. The summed E-state index contributed by atoms with van der Waals surface area (Å²) in [6.45, 7) is 1.84. The average molecular weight is 493 g/mol. The fraction of sp³-hybridized carbons (Fsp3) is 0.308. The van der Waals surface area contributed by atoms with Gasteiger partial charge >= 0.3 is 11.9 Å². The van der Waals surface area contributed by atoms with E-state index < -0.39 is 40.6 Å². The number of thioether (sulfide) groups is 1. The lowest BCUT2D eigenvalue weighted by molar-refractivity contribution is -0.170. The number of esters is 1. The fourth-order valence-corrected chi connectivity index (χ4v) is 6.16. The van der Waals surface area contributed by atoms with Gasteiger partial charge in [0, 0.05) is 12.0 Å². The second-order valence-corrected chi connectivity index (χ2v) is 10.1. The van der Waals surface area contributed by atoms with E-state index in [1.54, 1.807) is 48.7 Å². The molecule has 0 radical (unpaired) electrons. The van der Waals surface area contributed by atoms with Crippen molar-refractivity contribution < 1.29 is 29.0 Å². The van der Waals surface area contributed by atoms with Crippen molar-refractivity contribution in [3.05, 3.63) is 77.0 Å². The number of nitrogens with zero attached hydrogens (tertiary/aromatic N) is 1. The Labute approximate surface area is 206 Å². The third-order valence-corrected chi connectivity index (χ3v) is 8.12. The smallest absolute Gasteiger partial charge is 0.342 e. The van der Waals surface area contributed by atoms with E-state index in [2.05, 4.69) is 5.32 Å². The summed E-state index contributed by atoms with van der Waals surface area (Å²) in [5.74, 6) is -4.54. The average Bonchev–Trinajstić information content (AvgIpc) is 3.31. The number of benzene rings is 2. The molecule has 2 heterocycles. The highest BCUT2D eigenvalue weighted by Crippen LogP contribution is 2.43. The predicted octanol–water partition coefficient (Wildman–Crippen LogP) is 2.62. The second-order valence-electron chi connectivity index (χ2n) is 9.00. The molecule has 2 aliphatic heterocycles. The first kappa shape index (κ1) is 23.2. The minimum absolute atomic E-state index is 0.326. The summed E-state index contributed by atoms with van der Waals surface area (Å²) in [6, 6.07) is 13.7. The van der Waals surface area contributed by atoms with Gasteiger partial charge in [-0.15, -0.1) is 11.8 Å². The van der Waals surface area contributed by atoms with E-state index in [-0.39, 0.29) is 0 Å². The number of carboxylic acids is 1. The third kappa shape index (κ3) is 3.89. The molecule has 2 aromatic carbocycles. The topological polar surface area (TPSA) is 113 Å². The van der Waals surface area contributed by atoms with Gasteiger partial charge < -0.3 is 20.1 Å². The molecule has 2 N–H and O–H groups in total. The molecule has 35 heavy (non-hydrogen) atoms. The first-order valence-corrected chi connectivity index (χ1v) is 12.4. The van der Waals surface area contributed by atoms with Crippen molar-refractivity contribution >= 4 is 35.5 Å². The number of aryl methyl sites for hydroxylation is 2. The highest BCUT2D eigenvalue weighted by molar-refractivity contribution is 8.00. The molecule has 2 unspecified atom stereocenters. The van der Waals surface area contributed by atoms with Crippen molar-refractivity contribution in [1.82, 2.24) is 10.2 Å². The lowest BCUT2D eigenvalue weighted by atomic mass is 9.86. The van der Waals surface area contributed by atoms with Gasteiger partial charge in [-0.1, -0.05) is 36.4 Å². The summed E-state index contributed by atoms with van der Waals surface area (Å²) < 4.78 is 5.59. The van der Waals surface area contributed by atoms with E-state index in [1.807, 2.05) is 13.0 Å². The maximum Gasteiger partial charge on any atom is 0.342 e. The zero-order chi connectivity index (χ0) is 24.7. The van der Waals surface area contributed by atoms with Crippen LogP contribution in [0.4, 0.5) is 0 Å². The van der Waals surface area contributed by atoms with Gasteiger partial charge in [-0.2, -0.15) is 0 Å². The van der Waals surface area contributed by atoms with E-state index in [0.29, 0.717) is 17.1 Å². The van der Waals surface area contributed by atoms with Gasteiger partial charge in [-0.25, -0.2) is 4.79 Å². The lowest BCUT2D eigenvalue weighted by Gasteiger charge is -2.53. The van der Waals surface area contributed by atoms with Gasteiger partial charge in [-0.05, 0) is 60.6 Å². The normalized spacial score (nSPS) is 23.3. The summed E-state index contributed by atoms with van der Waals surface area (Å²) in [6.07, 6.45) is 4.52. The van der Waals surface area contributed by atoms with Gasteiger partial charge in [0.2, 0.25) is 11.4 Å². The Balaban J connectivity index is 1.43. The van der Waals surface area contributed by atoms with Gasteiger partial charge in [0.25, 0.3) is 5.91 Å². The van der Waals surface area contributed by atoms with Crippen LogP contribution in [0.3, 0.4) is 0 Å². The van der Waals surface area contributed by atoms with Crippen LogP contribution in [-0.2, 0) is 32.0 Å². The fourth-order valence-electron chi connectivity index (χ4n) is 4.83. The van der Waals surface area contributed by atoms with Crippen LogP contribution >= 0.6 is 11.8 Å². The van der Waals surface area contributed by atoms with Gasteiger partial charge in [0.05, 0.1) is 0 Å². The van der Waals surface area contributed by atoms with Crippen molar-refractivity contribution in [3.63, 3.8) is 0 Å². The van der Waals surface area contributed by atoms with E-state index in [4.69, 9.17) is 4.74 Å². The Bertz CT molecular complexity index is 1260. The number of aliphatic carboxylic acids is 1. The monoisotopic (exact) mass is 492 g/mol. The number of carbonyl (C=O) groups is 4. The third-order valence-electron chi connectivity index (χ3n) is 6.60. The van der Waals surface area contributed by atoms with Crippen LogP contribution in [0.25, 0.3) is 0 Å². The molecule has 0 saturated carbocycles. The molecular weight excluding hydrogens is 468 g/mol. The number of hydrogen-bond donors (Lipinski definition) is 2. The Kier molecular flexibility index (Phi) is 5.88. The number of nitrogens with one attached hydrogen (secondary N) is 1. The van der Waals surface area contributed by atoms with Crippen molar-refractivity contribution in [2.75, 3.05) is 5.75 Å². The highest BCUT2D eigenvalue weighted by atomic mass is 32.2. The van der Waals surface area contributed by atoms with Crippen molar-refractivity contribution in [2.24, 2.45) is 0 Å². The SMILES string of the molecule is CC1=CN2C(=O)C(NC(=O)C(C(=O)Oc3ccc4c(c3)CCC4)c3ccccc3)(C(=O)O)[C@@H]2SC1. The summed E-state index contributed by atoms with van der Waals surface area (Å²) in [7, 11) is 0. The zero-order valence-corrected chi connectivity index (χ0v) is 19.8. The molecule has 2 aromatic rings. The van der Waals surface area contributed by atoms with Gasteiger partial charge in [0.15, 0.2) is 5.92 Å². The molecule has 0 bridgehead atoms. The van der Waals surface area contributed by atoms with E-state index in [1.165, 1.54) is 22.2 Å². The van der Waals surface area contributed by atoms with Crippen LogP contribution in [0.1, 0.15) is 36.0 Å². The zero-order valence-electron chi connectivity index (χ0n) is 19.0. The van der Waals surface area contributed by atoms with Crippen molar-refractivity contribution in [3.8, 4) is 5.75 Å². The predicted molar refractivity (Wildman–Crippen MR) is 129 cm³/mol. The van der Waals surface area contributed by atoms with E-state index >= 15 is 0 Å². The van der Waals surface area contributed by atoms with Crippen LogP contribution in [0.5, 0.6) is 5.75 Å². The Hall–Kier alpha value is -3.59. The summed E-state index contributed by atoms with van der Waals surface area (Å²) in [5, 5.41) is 11.6. The molecule has 1 saturated heterocycles. The van der Waals surface area contributed by atoms with Crippen molar-refractivity contribution in [2.45, 2.75) is 43.0 Å². The molecule has 1 aliphatic carbocycles. The minimum atomic E-state index is -2.15. The first-order chi connectivity index (χ1) is 16.8. The molecule has 5 rings (SSSR count). The maximum absolute atomic E-state index is 13.5. The number of carbonyl (C=O) groups excluding carboxylic acids is 3. The van der Waals surface area contributed by atoms with Crippen LogP contribution in [0.2, 0.25) is 0 Å². The molecule has 8 nitrogen and oxygen atoms in total. The minimum Gasteiger partial charge on any atom is -0.479 e. The Morgan fingerprint density at radius 3 is 2.63 bits per heavy atom. The van der Waals surface area contributed by atoms with Crippen molar-refractivity contribution in [1.29, 1.82) is 0 Å². The first-order valence-electron chi connectivity index (χ1n) is 11.4. The van der Waals surface area contributed by atoms with Crippen LogP contribution in [-0.4, -0.2) is 50.4 Å². The van der Waals surface area contributed by atoms with Gasteiger partial charge in [-0.3, -0.25) is 14.4 Å². The number of fused-ring (bicyclic) bond motifs is 2. The summed E-state index contributed by atoms with van der Waals surface area (Å²) >= 11 is 1.26. The van der Waals surface area contributed by atoms with E-state index in [9.17, 15) is 24.3 Å². The van der Waals surface area contributed by atoms with Crippen LogP contribution in [0.15, 0.2) is 60.3 Å². The molecule has 1 fully saturated rings. The van der Waals surface area contributed by atoms with Gasteiger partial charge in [0.1, 0.15) is 11.1 Å². The molecule has 9 heteroatoms. The molecule has 0 spiro atoms. The largest absolute Gasteiger partial charge is 0.479 e. The number of carboxylic acid groups (broad SMARTS) is 1. The molecule has 3 atom stereocenters. The number of amides is 2. The number of ether oxygens (including phenoxy) is 1. The number of β-lactam (4-membered cyclic amide) rings is 1. The molecule has 180 valence electrons. The van der Waals surface area contributed by atoms with Crippen LogP contribution in [0, 0.1) is 0 Å². The number of rotatable bonds is 6. The molecule has 3 aliphatic rings. The highest BCUT2D eigenvalue weighted by Gasteiger charge is 2.68. The summed E-state index contributed by atoms with van der Waals surface area (Å²) in [5.41, 5.74) is 1.43. The molecular formula is C26H24N2O6S. The quantitative estimate of drug-likeness (QED) is 0.276. The number of hydrogen-bond acceptors (Lipinski definition) is 6. The second kappa shape index (κ2) is 8.88. The molecule has 0 aromatic heterocycles. The lowest BCUT2D eigenvalue weighted by Crippen LogP contribution is -2.82. The Morgan fingerprint density at radius 1 is 1.14 bits per heavy atom. The van der Waals surface area contributed by atoms with E-state index in [0.717, 1.165) is 30.4 Å². The van der Waals surface area contributed by atoms with Crippen LogP contribution < -0.4 is 10.1 Å². The standard InChI is InChI=1S/C26H24N2O6S/c1-15-13-28-23(31)26(25(32)33,24(28)35-14-15)27-21(29)20(17-6-3-2-4-7-17)22(30)34-19-11-10-16-8-5-9-18(16)12-19/h2-4,6-7,10-13,20,24H,5,8-9,14H2,1H3,(H,27,29)(H,32,33)/t20?,24-,26?/m0/s1. The Morgan fingerprint density at radius 2 is 1.89 bits per heavy atom. The maximum atomic E-state index is 13.5.